The Hall–Kier alpha value is -1.41. The van der Waals surface area contributed by atoms with E-state index >= 15 is 0 Å². The summed E-state index contributed by atoms with van der Waals surface area (Å²) in [4.78, 5) is 0. The molecule has 20 heavy (non-hydrogen) atoms. The molecule has 0 N–H and O–H groups in total. The van der Waals surface area contributed by atoms with Crippen LogP contribution in [0, 0.1) is 24.5 Å². The quantitative estimate of drug-likeness (QED) is 0.687. The fourth-order valence-electron chi connectivity index (χ4n) is 2.24. The Balaban J connectivity index is 2.04. The van der Waals surface area contributed by atoms with Crippen LogP contribution in [0.3, 0.4) is 0 Å². The summed E-state index contributed by atoms with van der Waals surface area (Å²) in [5, 5.41) is 0. The van der Waals surface area contributed by atoms with Gasteiger partial charge >= 0.3 is 0 Å². The van der Waals surface area contributed by atoms with Crippen LogP contribution in [0.5, 0.6) is 0 Å². The Labute approximate surface area is 123 Å². The summed E-state index contributed by atoms with van der Waals surface area (Å²) in [6, 6.07) is 12.3. The van der Waals surface area contributed by atoms with Gasteiger partial charge in [0, 0.05) is 5.88 Å². The topological polar surface area (TPSA) is 0 Å². The Kier molecular flexibility index (Phi) is 5.13. The lowest BCUT2D eigenvalue weighted by molar-refractivity contribution is 0.503. The Bertz CT molecular complexity index is 564. The molecule has 2 aromatic rings. The number of hydrogen-bond donors (Lipinski definition) is 0. The maximum atomic E-state index is 13.2. The van der Waals surface area contributed by atoms with Crippen LogP contribution in [0.25, 0.3) is 0 Å². The summed E-state index contributed by atoms with van der Waals surface area (Å²) in [5.74, 6) is -0.905. The molecule has 0 aliphatic carbocycles. The van der Waals surface area contributed by atoms with E-state index in [1.807, 2.05) is 6.92 Å². The number of rotatable bonds is 5. The third kappa shape index (κ3) is 4.04. The van der Waals surface area contributed by atoms with Crippen molar-refractivity contribution in [2.24, 2.45) is 5.92 Å². The molecule has 0 saturated carbocycles. The summed E-state index contributed by atoms with van der Waals surface area (Å²) < 4.78 is 26.1. The van der Waals surface area contributed by atoms with Crippen LogP contribution >= 0.6 is 11.6 Å². The molecule has 106 valence electrons. The van der Waals surface area contributed by atoms with Gasteiger partial charge in [-0.3, -0.25) is 0 Å². The Morgan fingerprint density at radius 3 is 2.10 bits per heavy atom. The van der Waals surface area contributed by atoms with E-state index in [4.69, 9.17) is 11.6 Å². The average Bonchev–Trinajstić information content (AvgIpc) is 2.44. The van der Waals surface area contributed by atoms with E-state index in [1.54, 1.807) is 6.07 Å². The van der Waals surface area contributed by atoms with Crippen LogP contribution in [0.4, 0.5) is 8.78 Å². The molecule has 1 unspecified atom stereocenters. The van der Waals surface area contributed by atoms with Gasteiger partial charge in [-0.25, -0.2) is 8.78 Å². The highest BCUT2D eigenvalue weighted by Crippen LogP contribution is 2.18. The predicted octanol–water partition coefficient (Wildman–Crippen LogP) is 4.91. The van der Waals surface area contributed by atoms with Crippen molar-refractivity contribution in [3.8, 4) is 0 Å². The lowest BCUT2D eigenvalue weighted by atomic mass is 9.93. The highest BCUT2D eigenvalue weighted by Gasteiger charge is 2.11. The van der Waals surface area contributed by atoms with Gasteiger partial charge in [-0.1, -0.05) is 35.9 Å². The minimum atomic E-state index is -0.810. The van der Waals surface area contributed by atoms with Crippen molar-refractivity contribution >= 4 is 11.6 Å². The molecule has 0 radical (unpaired) electrons. The van der Waals surface area contributed by atoms with E-state index in [2.05, 4.69) is 24.3 Å². The maximum absolute atomic E-state index is 13.2. The van der Waals surface area contributed by atoms with Gasteiger partial charge in [0.05, 0.1) is 0 Å². The highest BCUT2D eigenvalue weighted by atomic mass is 35.5. The molecule has 0 fully saturated rings. The number of halogens is 3. The van der Waals surface area contributed by atoms with Crippen LogP contribution in [0.1, 0.15) is 16.7 Å². The normalized spacial score (nSPS) is 12.4. The van der Waals surface area contributed by atoms with Gasteiger partial charge in [0.15, 0.2) is 11.6 Å². The summed E-state index contributed by atoms with van der Waals surface area (Å²) in [5.41, 5.74) is 3.21. The lowest BCUT2D eigenvalue weighted by Crippen LogP contribution is -2.10. The van der Waals surface area contributed by atoms with Gasteiger partial charge in [-0.15, -0.1) is 11.6 Å². The smallest absolute Gasteiger partial charge is 0.159 e. The zero-order chi connectivity index (χ0) is 14.5. The zero-order valence-corrected chi connectivity index (χ0v) is 12.1. The minimum Gasteiger partial charge on any atom is -0.204 e. The van der Waals surface area contributed by atoms with Gasteiger partial charge < -0.3 is 0 Å². The van der Waals surface area contributed by atoms with E-state index in [1.165, 1.54) is 23.3 Å². The third-order valence-electron chi connectivity index (χ3n) is 3.37. The molecule has 0 bridgehead atoms. The molecule has 2 aromatic carbocycles. The number of benzene rings is 2. The van der Waals surface area contributed by atoms with Gasteiger partial charge in [0.1, 0.15) is 0 Å². The molecule has 0 aliphatic heterocycles. The van der Waals surface area contributed by atoms with E-state index < -0.39 is 11.6 Å². The van der Waals surface area contributed by atoms with Crippen LogP contribution < -0.4 is 0 Å². The van der Waals surface area contributed by atoms with Crippen molar-refractivity contribution in [2.45, 2.75) is 19.8 Å². The van der Waals surface area contributed by atoms with Crippen molar-refractivity contribution < 1.29 is 8.78 Å². The summed E-state index contributed by atoms with van der Waals surface area (Å²) in [6.45, 7) is 2.05. The summed E-state index contributed by atoms with van der Waals surface area (Å²) in [6.07, 6.45) is 1.48. The summed E-state index contributed by atoms with van der Waals surface area (Å²) in [7, 11) is 0. The molecule has 0 aliphatic rings. The van der Waals surface area contributed by atoms with Crippen LogP contribution in [-0.2, 0) is 12.8 Å². The van der Waals surface area contributed by atoms with E-state index in [0.717, 1.165) is 12.0 Å². The molecular weight excluding hydrogens is 278 g/mol. The van der Waals surface area contributed by atoms with Crippen molar-refractivity contribution in [3.05, 3.63) is 70.8 Å². The first kappa shape index (κ1) is 15.0. The first-order valence-electron chi connectivity index (χ1n) is 6.64. The van der Waals surface area contributed by atoms with Gasteiger partial charge in [-0.2, -0.15) is 0 Å². The monoisotopic (exact) mass is 294 g/mol. The van der Waals surface area contributed by atoms with E-state index in [9.17, 15) is 8.78 Å². The number of alkyl halides is 1. The molecule has 3 heteroatoms. The van der Waals surface area contributed by atoms with E-state index in [-0.39, 0.29) is 5.92 Å². The second kappa shape index (κ2) is 6.85. The second-order valence-electron chi connectivity index (χ2n) is 5.16. The standard InChI is InChI=1S/C17H17ClF2/c1-12-2-4-13(5-3-12)8-15(11-18)9-14-6-7-16(19)17(20)10-14/h2-7,10,15H,8-9,11H2,1H3. The molecule has 0 heterocycles. The minimum absolute atomic E-state index is 0.212. The van der Waals surface area contributed by atoms with Crippen molar-refractivity contribution in [1.29, 1.82) is 0 Å². The highest BCUT2D eigenvalue weighted by molar-refractivity contribution is 6.18. The van der Waals surface area contributed by atoms with Gasteiger partial charge in [0.2, 0.25) is 0 Å². The van der Waals surface area contributed by atoms with Crippen LogP contribution in [0.2, 0.25) is 0 Å². The fourth-order valence-corrected chi connectivity index (χ4v) is 2.46. The zero-order valence-electron chi connectivity index (χ0n) is 11.4. The average molecular weight is 295 g/mol. The lowest BCUT2D eigenvalue weighted by Gasteiger charge is -2.14. The predicted molar refractivity (Wildman–Crippen MR) is 79.2 cm³/mol. The molecule has 2 rings (SSSR count). The molecular formula is C17H17ClF2. The molecule has 0 spiro atoms. The van der Waals surface area contributed by atoms with Crippen molar-refractivity contribution in [3.63, 3.8) is 0 Å². The van der Waals surface area contributed by atoms with Gasteiger partial charge in [-0.05, 0) is 48.9 Å². The van der Waals surface area contributed by atoms with Gasteiger partial charge in [0.25, 0.3) is 0 Å². The molecule has 0 amide bonds. The molecule has 0 saturated heterocycles. The molecule has 1 atom stereocenters. The maximum Gasteiger partial charge on any atom is 0.159 e. The third-order valence-corrected chi connectivity index (χ3v) is 3.81. The molecule has 0 nitrogen and oxygen atoms in total. The Morgan fingerprint density at radius 1 is 0.900 bits per heavy atom. The first-order valence-corrected chi connectivity index (χ1v) is 7.17. The number of aryl methyl sites for hydroxylation is 1. The van der Waals surface area contributed by atoms with E-state index in [0.29, 0.717) is 12.3 Å². The van der Waals surface area contributed by atoms with Crippen LogP contribution in [-0.4, -0.2) is 5.88 Å². The van der Waals surface area contributed by atoms with Crippen LogP contribution in [0.15, 0.2) is 42.5 Å². The fraction of sp³-hybridized carbons (Fsp3) is 0.294. The number of hydrogen-bond acceptors (Lipinski definition) is 0. The second-order valence-corrected chi connectivity index (χ2v) is 5.47. The van der Waals surface area contributed by atoms with Crippen molar-refractivity contribution in [1.82, 2.24) is 0 Å². The largest absolute Gasteiger partial charge is 0.204 e. The summed E-state index contributed by atoms with van der Waals surface area (Å²) >= 11 is 6.00. The Morgan fingerprint density at radius 2 is 1.50 bits per heavy atom. The molecule has 0 aromatic heterocycles. The SMILES string of the molecule is Cc1ccc(CC(CCl)Cc2ccc(F)c(F)c2)cc1. The first-order chi connectivity index (χ1) is 9.58. The van der Waals surface area contributed by atoms with Crippen molar-refractivity contribution in [2.75, 3.05) is 5.88 Å².